The molecule has 0 saturated heterocycles. The molecule has 0 spiro atoms. The Morgan fingerprint density at radius 3 is 3.00 bits per heavy atom. The van der Waals surface area contributed by atoms with Crippen molar-refractivity contribution in [3.8, 4) is 0 Å². The lowest BCUT2D eigenvalue weighted by Crippen LogP contribution is -1.96. The third kappa shape index (κ3) is 2.70. The fourth-order valence-corrected chi connectivity index (χ4v) is 0.964. The summed E-state index contributed by atoms with van der Waals surface area (Å²) in [6.07, 6.45) is 3.52. The third-order valence-electron chi connectivity index (χ3n) is 1.72. The molecule has 0 unspecified atom stereocenters. The van der Waals surface area contributed by atoms with Crippen LogP contribution in [0.4, 0.5) is 0 Å². The molecule has 0 fully saturated rings. The number of aromatic amines is 1. The summed E-state index contributed by atoms with van der Waals surface area (Å²) < 4.78 is 0. The van der Waals surface area contributed by atoms with E-state index in [1.807, 2.05) is 0 Å². The van der Waals surface area contributed by atoms with E-state index in [2.05, 4.69) is 9.97 Å². The van der Waals surface area contributed by atoms with Crippen LogP contribution >= 0.6 is 0 Å². The average molecular weight is 196 g/mol. The van der Waals surface area contributed by atoms with E-state index in [-0.39, 0.29) is 12.2 Å². The van der Waals surface area contributed by atoms with Crippen LogP contribution in [0.15, 0.2) is 11.8 Å². The number of carbonyl (C=O) groups is 1. The molecular weight excluding hydrogens is 184 g/mol. The van der Waals surface area contributed by atoms with Gasteiger partial charge in [-0.1, -0.05) is 0 Å². The van der Waals surface area contributed by atoms with Gasteiger partial charge in [0, 0.05) is 30.5 Å². The van der Waals surface area contributed by atoms with E-state index in [1.165, 1.54) is 13.0 Å². The second-order valence-corrected chi connectivity index (χ2v) is 2.90. The lowest BCUT2D eigenvalue weighted by atomic mass is 10.3. The second kappa shape index (κ2) is 4.57. The van der Waals surface area contributed by atoms with Crippen molar-refractivity contribution in [3.05, 3.63) is 23.3 Å². The predicted molar refractivity (Wildman–Crippen MR) is 50.7 cm³/mol. The van der Waals surface area contributed by atoms with Gasteiger partial charge in [0.2, 0.25) is 0 Å². The normalized spacial score (nSPS) is 11.7. The Labute approximate surface area is 81.1 Å². The van der Waals surface area contributed by atoms with Gasteiger partial charge in [-0.3, -0.25) is 0 Å². The standard InChI is InChI=1S/C9H12N2O3/c1-6(9(13)14)4-8-10-5-7(11-8)2-3-12/h4-5,12H,2-3H2,1H3,(H,10,11)(H,13,14). The van der Waals surface area contributed by atoms with Crippen molar-refractivity contribution in [2.75, 3.05) is 6.61 Å². The van der Waals surface area contributed by atoms with Crippen LogP contribution in [0.25, 0.3) is 6.08 Å². The highest BCUT2D eigenvalue weighted by Gasteiger charge is 2.02. The summed E-state index contributed by atoms with van der Waals surface area (Å²) in [6.45, 7) is 1.54. The maximum absolute atomic E-state index is 10.5. The van der Waals surface area contributed by atoms with Crippen LogP contribution in [-0.4, -0.2) is 32.8 Å². The highest BCUT2D eigenvalue weighted by Crippen LogP contribution is 2.04. The van der Waals surface area contributed by atoms with E-state index in [0.29, 0.717) is 12.2 Å². The predicted octanol–water partition coefficient (Wildman–Crippen LogP) is 0.432. The Bertz CT molecular complexity index is 355. The molecule has 1 aromatic heterocycles. The Kier molecular flexibility index (Phi) is 3.41. The monoisotopic (exact) mass is 196 g/mol. The highest BCUT2D eigenvalue weighted by molar-refractivity contribution is 5.90. The van der Waals surface area contributed by atoms with Gasteiger partial charge in [0.05, 0.1) is 0 Å². The topological polar surface area (TPSA) is 86.2 Å². The van der Waals surface area contributed by atoms with Crippen molar-refractivity contribution >= 4 is 12.0 Å². The zero-order chi connectivity index (χ0) is 10.6. The van der Waals surface area contributed by atoms with Crippen LogP contribution in [0.3, 0.4) is 0 Å². The van der Waals surface area contributed by atoms with Crippen molar-refractivity contribution < 1.29 is 15.0 Å². The molecule has 0 saturated carbocycles. The number of hydrogen-bond donors (Lipinski definition) is 3. The summed E-state index contributed by atoms with van der Waals surface area (Å²) in [6, 6.07) is 0. The number of nitrogens with zero attached hydrogens (tertiary/aromatic N) is 1. The van der Waals surface area contributed by atoms with Crippen molar-refractivity contribution in [2.24, 2.45) is 0 Å². The number of nitrogens with one attached hydrogen (secondary N) is 1. The van der Waals surface area contributed by atoms with Crippen LogP contribution in [0.5, 0.6) is 0 Å². The molecule has 1 aromatic rings. The molecule has 76 valence electrons. The van der Waals surface area contributed by atoms with Gasteiger partial charge in [-0.15, -0.1) is 0 Å². The molecule has 0 bridgehead atoms. The second-order valence-electron chi connectivity index (χ2n) is 2.90. The van der Waals surface area contributed by atoms with Gasteiger partial charge in [0.15, 0.2) is 0 Å². The van der Waals surface area contributed by atoms with E-state index in [0.717, 1.165) is 5.69 Å². The molecule has 1 rings (SSSR count). The minimum absolute atomic E-state index is 0.0449. The van der Waals surface area contributed by atoms with Crippen LogP contribution < -0.4 is 0 Å². The van der Waals surface area contributed by atoms with Gasteiger partial charge < -0.3 is 15.2 Å². The molecule has 0 aromatic carbocycles. The first-order valence-corrected chi connectivity index (χ1v) is 4.20. The van der Waals surface area contributed by atoms with Crippen molar-refractivity contribution in [3.63, 3.8) is 0 Å². The summed E-state index contributed by atoms with van der Waals surface area (Å²) in [7, 11) is 0. The highest BCUT2D eigenvalue weighted by atomic mass is 16.4. The fourth-order valence-electron chi connectivity index (χ4n) is 0.964. The first kappa shape index (κ1) is 10.5. The zero-order valence-electron chi connectivity index (χ0n) is 7.82. The van der Waals surface area contributed by atoms with Gasteiger partial charge in [0.1, 0.15) is 5.82 Å². The van der Waals surface area contributed by atoms with Crippen molar-refractivity contribution in [1.82, 2.24) is 9.97 Å². The van der Waals surface area contributed by atoms with Gasteiger partial charge in [-0.05, 0) is 13.0 Å². The van der Waals surface area contributed by atoms with Crippen LogP contribution in [0, 0.1) is 0 Å². The van der Waals surface area contributed by atoms with Gasteiger partial charge in [-0.2, -0.15) is 0 Å². The molecule has 3 N–H and O–H groups in total. The largest absolute Gasteiger partial charge is 0.478 e. The molecule has 0 aliphatic carbocycles. The molecule has 0 aliphatic rings. The number of carboxylic acid groups (broad SMARTS) is 1. The lowest BCUT2D eigenvalue weighted by molar-refractivity contribution is -0.132. The number of carboxylic acids is 1. The summed E-state index contributed by atoms with van der Waals surface area (Å²) in [5.74, 6) is -0.474. The van der Waals surface area contributed by atoms with Crippen molar-refractivity contribution in [2.45, 2.75) is 13.3 Å². The molecule has 0 amide bonds. The number of aliphatic carboxylic acids is 1. The number of rotatable bonds is 4. The molecule has 1 heterocycles. The summed E-state index contributed by atoms with van der Waals surface area (Å²) in [4.78, 5) is 17.3. The van der Waals surface area contributed by atoms with E-state index >= 15 is 0 Å². The summed E-state index contributed by atoms with van der Waals surface area (Å²) in [5, 5.41) is 17.2. The molecular formula is C9H12N2O3. The van der Waals surface area contributed by atoms with Crippen LogP contribution in [-0.2, 0) is 11.2 Å². The third-order valence-corrected chi connectivity index (χ3v) is 1.72. The smallest absolute Gasteiger partial charge is 0.331 e. The average Bonchev–Trinajstić information content (AvgIpc) is 2.53. The maximum atomic E-state index is 10.5. The first-order chi connectivity index (χ1) is 6.63. The Morgan fingerprint density at radius 2 is 2.43 bits per heavy atom. The maximum Gasteiger partial charge on any atom is 0.331 e. The minimum atomic E-state index is -0.967. The van der Waals surface area contributed by atoms with Gasteiger partial charge in [-0.25, -0.2) is 9.78 Å². The summed E-state index contributed by atoms with van der Waals surface area (Å²) in [5.41, 5.74) is 1.01. The number of H-pyrrole nitrogens is 1. The molecule has 0 radical (unpaired) electrons. The van der Waals surface area contributed by atoms with Crippen LogP contribution in [0.2, 0.25) is 0 Å². The van der Waals surface area contributed by atoms with Gasteiger partial charge in [0.25, 0.3) is 0 Å². The van der Waals surface area contributed by atoms with E-state index in [9.17, 15) is 4.79 Å². The zero-order valence-corrected chi connectivity index (χ0v) is 7.82. The molecule has 0 aliphatic heterocycles. The number of imidazole rings is 1. The van der Waals surface area contributed by atoms with E-state index in [1.54, 1.807) is 6.20 Å². The quantitative estimate of drug-likeness (QED) is 0.609. The SMILES string of the molecule is CC(=Cc1ncc(CCO)[nH]1)C(=O)O. The number of aromatic nitrogens is 2. The lowest BCUT2D eigenvalue weighted by Gasteiger charge is -1.91. The molecule has 5 heteroatoms. The Hall–Kier alpha value is -1.62. The Balaban J connectivity index is 2.77. The Morgan fingerprint density at radius 1 is 1.71 bits per heavy atom. The number of aliphatic hydroxyl groups excluding tert-OH is 1. The fraction of sp³-hybridized carbons (Fsp3) is 0.333. The number of hydrogen-bond acceptors (Lipinski definition) is 3. The molecule has 5 nitrogen and oxygen atoms in total. The van der Waals surface area contributed by atoms with E-state index in [4.69, 9.17) is 10.2 Å². The van der Waals surface area contributed by atoms with Gasteiger partial charge >= 0.3 is 5.97 Å². The minimum Gasteiger partial charge on any atom is -0.478 e. The van der Waals surface area contributed by atoms with Crippen LogP contribution in [0.1, 0.15) is 18.4 Å². The molecule has 0 atom stereocenters. The molecule has 14 heavy (non-hydrogen) atoms. The summed E-state index contributed by atoms with van der Waals surface area (Å²) >= 11 is 0. The number of aliphatic hydroxyl groups is 1. The van der Waals surface area contributed by atoms with Crippen molar-refractivity contribution in [1.29, 1.82) is 0 Å². The first-order valence-electron chi connectivity index (χ1n) is 4.20. The van der Waals surface area contributed by atoms with E-state index < -0.39 is 5.97 Å².